The topological polar surface area (TPSA) is 66.1 Å². The van der Waals surface area contributed by atoms with Gasteiger partial charge in [0.15, 0.2) is 5.82 Å². The summed E-state index contributed by atoms with van der Waals surface area (Å²) in [5, 5.41) is 0. The number of imidazole rings is 1. The first kappa shape index (κ1) is 20.5. The van der Waals surface area contributed by atoms with Crippen molar-refractivity contribution in [2.45, 2.75) is 13.2 Å². The summed E-state index contributed by atoms with van der Waals surface area (Å²) in [6.07, 6.45) is 1.91. The van der Waals surface area contributed by atoms with Crippen LogP contribution in [0.25, 0.3) is 17.2 Å². The molecule has 0 saturated carbocycles. The van der Waals surface area contributed by atoms with Gasteiger partial charge in [0.1, 0.15) is 6.61 Å². The molecule has 0 fully saturated rings. The van der Waals surface area contributed by atoms with E-state index in [1.54, 1.807) is 28.8 Å². The van der Waals surface area contributed by atoms with Crippen LogP contribution in [-0.2, 0) is 17.9 Å². The lowest BCUT2D eigenvalue weighted by atomic mass is 10.2. The van der Waals surface area contributed by atoms with Crippen molar-refractivity contribution in [1.82, 2.24) is 14.1 Å². The van der Waals surface area contributed by atoms with Crippen LogP contribution in [0.2, 0.25) is 0 Å². The fourth-order valence-corrected chi connectivity index (χ4v) is 3.78. The van der Waals surface area contributed by atoms with Crippen molar-refractivity contribution in [2.24, 2.45) is 0 Å². The number of pyridine rings is 1. The minimum Gasteiger partial charge on any atom is -0.457 e. The largest absolute Gasteiger partial charge is 0.457 e. The molecule has 2 aliphatic rings. The van der Waals surface area contributed by atoms with Gasteiger partial charge >= 0.3 is 11.7 Å². The van der Waals surface area contributed by atoms with Gasteiger partial charge in [-0.15, -0.1) is 0 Å². The zero-order chi connectivity index (χ0) is 22.6. The first-order chi connectivity index (χ1) is 16.2. The van der Waals surface area contributed by atoms with Crippen LogP contribution in [0.15, 0.2) is 108 Å². The molecule has 0 N–H and O–H groups in total. The maximum atomic E-state index is 12.8. The zero-order valence-corrected chi connectivity index (χ0v) is 17.8. The Hall–Kier alpha value is -4.45. The number of hydrogen-bond acceptors (Lipinski definition) is 4. The third-order valence-corrected chi connectivity index (χ3v) is 5.42. The second kappa shape index (κ2) is 8.96. The summed E-state index contributed by atoms with van der Waals surface area (Å²) in [4.78, 5) is 29.5. The SMILES string of the molecule is O=C(OCc1ccccc1)c1ccc(-n2c3cccn(Cc4ccccc4)c-3nc2=O)cc1. The summed E-state index contributed by atoms with van der Waals surface area (Å²) >= 11 is 0. The smallest absolute Gasteiger partial charge is 0.354 e. The van der Waals surface area contributed by atoms with E-state index in [4.69, 9.17) is 4.74 Å². The lowest BCUT2D eigenvalue weighted by Gasteiger charge is -2.13. The first-order valence-electron chi connectivity index (χ1n) is 10.6. The third kappa shape index (κ3) is 4.32. The number of nitrogens with zero attached hydrogens (tertiary/aromatic N) is 3. The Kier molecular flexibility index (Phi) is 5.55. The second-order valence-electron chi connectivity index (χ2n) is 7.67. The molecule has 0 spiro atoms. The molecule has 0 aliphatic carbocycles. The van der Waals surface area contributed by atoms with Gasteiger partial charge < -0.3 is 9.30 Å². The highest BCUT2D eigenvalue weighted by Crippen LogP contribution is 2.23. The number of hydrogen-bond donors (Lipinski definition) is 0. The molecule has 3 aromatic rings. The highest BCUT2D eigenvalue weighted by molar-refractivity contribution is 5.89. The third-order valence-electron chi connectivity index (χ3n) is 5.42. The van der Waals surface area contributed by atoms with Crippen molar-refractivity contribution < 1.29 is 9.53 Å². The van der Waals surface area contributed by atoms with Crippen LogP contribution in [0.3, 0.4) is 0 Å². The van der Waals surface area contributed by atoms with Gasteiger partial charge in [0.05, 0.1) is 16.9 Å². The summed E-state index contributed by atoms with van der Waals surface area (Å²) in [5.41, 5.74) is 3.45. The molecule has 2 heterocycles. The number of rotatable bonds is 6. The van der Waals surface area contributed by atoms with Crippen LogP contribution in [0.5, 0.6) is 0 Å². The van der Waals surface area contributed by atoms with Crippen molar-refractivity contribution in [1.29, 1.82) is 0 Å². The van der Waals surface area contributed by atoms with Crippen molar-refractivity contribution >= 4 is 5.97 Å². The number of carbonyl (C=O) groups is 1. The van der Waals surface area contributed by atoms with Gasteiger partial charge in [-0.25, -0.2) is 9.59 Å². The van der Waals surface area contributed by atoms with Gasteiger partial charge in [-0.1, -0.05) is 60.7 Å². The Morgan fingerprint density at radius 1 is 0.788 bits per heavy atom. The number of fused-ring (bicyclic) bond motifs is 1. The zero-order valence-electron chi connectivity index (χ0n) is 17.8. The van der Waals surface area contributed by atoms with E-state index in [2.05, 4.69) is 4.98 Å². The molecule has 0 radical (unpaired) electrons. The van der Waals surface area contributed by atoms with Crippen LogP contribution in [0, 0.1) is 0 Å². The highest BCUT2D eigenvalue weighted by Gasteiger charge is 2.19. The van der Waals surface area contributed by atoms with Gasteiger partial charge in [-0.2, -0.15) is 4.98 Å². The van der Waals surface area contributed by atoms with Gasteiger partial charge in [-0.3, -0.25) is 4.57 Å². The van der Waals surface area contributed by atoms with Crippen LogP contribution >= 0.6 is 0 Å². The van der Waals surface area contributed by atoms with Crippen LogP contribution in [-0.4, -0.2) is 20.1 Å². The molecular formula is C27H21N3O3. The maximum absolute atomic E-state index is 12.8. The van der Waals surface area contributed by atoms with Crippen molar-refractivity contribution in [3.8, 4) is 17.2 Å². The van der Waals surface area contributed by atoms with Crippen LogP contribution < -0.4 is 5.69 Å². The molecule has 5 rings (SSSR count). The van der Waals surface area contributed by atoms with Crippen molar-refractivity contribution in [3.63, 3.8) is 0 Å². The van der Waals surface area contributed by atoms with Gasteiger partial charge in [0.2, 0.25) is 0 Å². The second-order valence-corrected chi connectivity index (χ2v) is 7.67. The summed E-state index contributed by atoms with van der Waals surface area (Å²) < 4.78 is 8.90. The van der Waals surface area contributed by atoms with E-state index in [-0.39, 0.29) is 12.3 Å². The predicted octanol–water partition coefficient (Wildman–Crippen LogP) is 4.54. The molecule has 0 unspecified atom stereocenters. The predicted molar refractivity (Wildman–Crippen MR) is 126 cm³/mol. The highest BCUT2D eigenvalue weighted by atomic mass is 16.5. The molecule has 0 aromatic heterocycles. The Bertz CT molecular complexity index is 1400. The summed E-state index contributed by atoms with van der Waals surface area (Å²) in [5.74, 6) is 0.196. The normalized spacial score (nSPS) is 10.9. The van der Waals surface area contributed by atoms with E-state index in [1.807, 2.05) is 83.6 Å². The summed E-state index contributed by atoms with van der Waals surface area (Å²) in [6, 6.07) is 30.1. The summed E-state index contributed by atoms with van der Waals surface area (Å²) in [7, 11) is 0. The van der Waals surface area contributed by atoms with E-state index in [0.717, 1.165) is 11.1 Å². The Morgan fingerprint density at radius 2 is 1.45 bits per heavy atom. The van der Waals surface area contributed by atoms with Crippen molar-refractivity contribution in [2.75, 3.05) is 0 Å². The van der Waals surface area contributed by atoms with Gasteiger partial charge in [0.25, 0.3) is 0 Å². The van der Waals surface area contributed by atoms with Gasteiger partial charge in [-0.05, 0) is 47.5 Å². The molecule has 162 valence electrons. The monoisotopic (exact) mass is 435 g/mol. The van der Waals surface area contributed by atoms with E-state index < -0.39 is 5.97 Å². The number of benzene rings is 3. The minimum atomic E-state index is -0.413. The van der Waals surface area contributed by atoms with Crippen molar-refractivity contribution in [3.05, 3.63) is 130 Å². The Morgan fingerprint density at radius 3 is 2.15 bits per heavy atom. The number of esters is 1. The number of ether oxygens (including phenoxy) is 1. The molecule has 0 bridgehead atoms. The van der Waals surface area contributed by atoms with E-state index in [1.165, 1.54) is 0 Å². The Balaban J connectivity index is 1.37. The molecule has 33 heavy (non-hydrogen) atoms. The fraction of sp³-hybridized carbons (Fsp3) is 0.0741. The number of carbonyl (C=O) groups excluding carboxylic acids is 1. The molecule has 2 aliphatic heterocycles. The average molecular weight is 435 g/mol. The molecular weight excluding hydrogens is 414 g/mol. The minimum absolute atomic E-state index is 0.208. The standard InChI is InChI=1S/C27H21N3O3/c31-26(33-19-21-10-5-2-6-11-21)22-13-15-23(16-14-22)30-24-12-7-17-29(25(24)28-27(30)32)18-20-8-3-1-4-9-20/h1-17H,18-19H2. The van der Waals surface area contributed by atoms with E-state index in [9.17, 15) is 9.59 Å². The first-order valence-corrected chi connectivity index (χ1v) is 10.6. The van der Waals surface area contributed by atoms with Crippen LogP contribution in [0.4, 0.5) is 0 Å². The van der Waals surface area contributed by atoms with Crippen LogP contribution in [0.1, 0.15) is 21.5 Å². The molecule has 0 atom stereocenters. The molecule has 0 saturated heterocycles. The molecule has 3 aromatic carbocycles. The molecule has 0 amide bonds. The Labute approximate surface area is 190 Å². The fourth-order valence-electron chi connectivity index (χ4n) is 3.78. The van der Waals surface area contributed by atoms with Gasteiger partial charge in [0, 0.05) is 12.7 Å². The lowest BCUT2D eigenvalue weighted by Crippen LogP contribution is -2.14. The molecule has 6 nitrogen and oxygen atoms in total. The average Bonchev–Trinajstić information content (AvgIpc) is 3.21. The number of aromatic nitrogens is 3. The maximum Gasteiger partial charge on any atom is 0.354 e. The van der Waals surface area contributed by atoms with E-state index in [0.29, 0.717) is 29.3 Å². The van der Waals surface area contributed by atoms with E-state index >= 15 is 0 Å². The molecule has 6 heteroatoms. The summed E-state index contributed by atoms with van der Waals surface area (Å²) in [6.45, 7) is 0.820. The quantitative estimate of drug-likeness (QED) is 0.367. The lowest BCUT2D eigenvalue weighted by molar-refractivity contribution is 0.0472.